The Morgan fingerprint density at radius 2 is 1.64 bits per heavy atom. The van der Waals surface area contributed by atoms with Crippen LogP contribution >= 0.6 is 0 Å². The highest BCUT2D eigenvalue weighted by Gasteiger charge is 2.39. The Hall–Kier alpha value is -2.08. The second-order valence-corrected chi connectivity index (χ2v) is 7.05. The van der Waals surface area contributed by atoms with Gasteiger partial charge in [0.1, 0.15) is 0 Å². The van der Waals surface area contributed by atoms with Crippen LogP contribution in [0.3, 0.4) is 0 Å². The first-order valence-electron chi connectivity index (χ1n) is 8.20. The summed E-state index contributed by atoms with van der Waals surface area (Å²) in [6.45, 7) is 6.91. The summed E-state index contributed by atoms with van der Waals surface area (Å²) in [5, 5.41) is 0. The van der Waals surface area contributed by atoms with Crippen LogP contribution in [0.1, 0.15) is 48.9 Å². The monoisotopic (exact) mass is 286 g/mol. The van der Waals surface area contributed by atoms with Crippen LogP contribution in [0.2, 0.25) is 0 Å². The Balaban J connectivity index is 1.93. The zero-order valence-electron chi connectivity index (χ0n) is 13.6. The van der Waals surface area contributed by atoms with Crippen molar-refractivity contribution in [3.05, 3.63) is 82.4 Å². The van der Waals surface area contributed by atoms with Crippen molar-refractivity contribution in [2.24, 2.45) is 0 Å². The molecule has 0 aromatic heterocycles. The first-order chi connectivity index (χ1) is 10.6. The van der Waals surface area contributed by atoms with Crippen LogP contribution in [0.25, 0.3) is 11.1 Å². The molecule has 0 radical (unpaired) electrons. The zero-order valence-corrected chi connectivity index (χ0v) is 13.6. The molecular weight excluding hydrogens is 264 g/mol. The topological polar surface area (TPSA) is 0 Å². The predicted octanol–water partition coefficient (Wildman–Crippen LogP) is 5.92. The van der Waals surface area contributed by atoms with Crippen molar-refractivity contribution in [1.82, 2.24) is 0 Å². The van der Waals surface area contributed by atoms with Crippen molar-refractivity contribution >= 4 is 11.1 Å². The highest BCUT2D eigenvalue weighted by atomic mass is 14.4. The van der Waals surface area contributed by atoms with E-state index in [1.807, 2.05) is 0 Å². The van der Waals surface area contributed by atoms with Crippen molar-refractivity contribution in [2.45, 2.75) is 39.0 Å². The highest BCUT2D eigenvalue weighted by molar-refractivity contribution is 6.10. The number of hydrogen-bond donors (Lipinski definition) is 0. The molecule has 0 saturated carbocycles. The van der Waals surface area contributed by atoms with Gasteiger partial charge in [0.25, 0.3) is 0 Å². The van der Waals surface area contributed by atoms with Crippen molar-refractivity contribution in [3.8, 4) is 0 Å². The normalized spacial score (nSPS) is 18.8. The molecule has 22 heavy (non-hydrogen) atoms. The van der Waals surface area contributed by atoms with Gasteiger partial charge in [0.15, 0.2) is 0 Å². The average molecular weight is 286 g/mol. The fourth-order valence-electron chi connectivity index (χ4n) is 4.09. The molecule has 4 rings (SSSR count). The molecule has 2 aromatic rings. The first kappa shape index (κ1) is 13.6. The number of fused-ring (bicyclic) bond motifs is 2. The lowest BCUT2D eigenvalue weighted by molar-refractivity contribution is 0.608. The van der Waals surface area contributed by atoms with Gasteiger partial charge in [0.2, 0.25) is 0 Å². The first-order valence-corrected chi connectivity index (χ1v) is 8.20. The summed E-state index contributed by atoms with van der Waals surface area (Å²) in [5.74, 6) is 0. The van der Waals surface area contributed by atoms with Crippen molar-refractivity contribution in [3.63, 3.8) is 0 Å². The lowest BCUT2D eigenvalue weighted by Gasteiger charge is -2.27. The SMILES string of the molecule is Cc1ccc(C2=CCCC3=C2c2ccccc2C3(C)C)cc1. The van der Waals surface area contributed by atoms with Crippen molar-refractivity contribution in [1.29, 1.82) is 0 Å². The molecule has 110 valence electrons. The molecule has 0 unspecified atom stereocenters. The van der Waals surface area contributed by atoms with E-state index in [1.165, 1.54) is 39.8 Å². The van der Waals surface area contributed by atoms with Gasteiger partial charge in [0.05, 0.1) is 0 Å². The Morgan fingerprint density at radius 3 is 2.41 bits per heavy atom. The molecule has 2 aliphatic carbocycles. The Labute approximate surface area is 133 Å². The standard InChI is InChI=1S/C22H22/c1-15-11-13-16(14-12-15)17-8-6-10-20-21(17)18-7-4-5-9-19(18)22(20,2)3/h4-5,7-9,11-14H,6,10H2,1-3H3. The van der Waals surface area contributed by atoms with E-state index in [1.54, 1.807) is 5.57 Å². The number of aryl methyl sites for hydroxylation is 1. The van der Waals surface area contributed by atoms with Crippen LogP contribution in [0, 0.1) is 6.92 Å². The van der Waals surface area contributed by atoms with Crippen LogP contribution in [-0.2, 0) is 5.41 Å². The van der Waals surface area contributed by atoms with Crippen LogP contribution in [0.15, 0.2) is 60.2 Å². The van der Waals surface area contributed by atoms with E-state index >= 15 is 0 Å². The molecule has 0 fully saturated rings. The Bertz CT molecular complexity index is 798. The highest BCUT2D eigenvalue weighted by Crippen LogP contribution is 2.54. The number of allylic oxidation sites excluding steroid dienone is 4. The van der Waals surface area contributed by atoms with Gasteiger partial charge < -0.3 is 0 Å². The van der Waals surface area contributed by atoms with Crippen LogP contribution in [-0.4, -0.2) is 0 Å². The summed E-state index contributed by atoms with van der Waals surface area (Å²) in [4.78, 5) is 0. The van der Waals surface area contributed by atoms with Crippen LogP contribution in [0.5, 0.6) is 0 Å². The summed E-state index contributed by atoms with van der Waals surface area (Å²) in [6, 6.07) is 17.9. The second-order valence-electron chi connectivity index (χ2n) is 7.05. The molecule has 0 heteroatoms. The maximum absolute atomic E-state index is 2.43. The summed E-state index contributed by atoms with van der Waals surface area (Å²) in [7, 11) is 0. The van der Waals surface area contributed by atoms with E-state index in [0.29, 0.717) is 0 Å². The number of benzene rings is 2. The fourth-order valence-corrected chi connectivity index (χ4v) is 4.09. The van der Waals surface area contributed by atoms with E-state index in [4.69, 9.17) is 0 Å². The quantitative estimate of drug-likeness (QED) is 0.610. The van der Waals surface area contributed by atoms with Crippen LogP contribution < -0.4 is 0 Å². The molecule has 0 N–H and O–H groups in total. The van der Waals surface area contributed by atoms with E-state index < -0.39 is 0 Å². The molecule has 0 atom stereocenters. The third-order valence-corrected chi connectivity index (χ3v) is 5.30. The van der Waals surface area contributed by atoms with Gasteiger partial charge in [0, 0.05) is 5.41 Å². The van der Waals surface area contributed by atoms with Gasteiger partial charge in [-0.1, -0.05) is 79.6 Å². The van der Waals surface area contributed by atoms with Gasteiger partial charge in [-0.25, -0.2) is 0 Å². The minimum atomic E-state index is 0.163. The van der Waals surface area contributed by atoms with Gasteiger partial charge in [-0.2, -0.15) is 0 Å². The maximum Gasteiger partial charge on any atom is 0.0121 e. The van der Waals surface area contributed by atoms with E-state index in [2.05, 4.69) is 75.4 Å². The smallest absolute Gasteiger partial charge is 0.0121 e. The van der Waals surface area contributed by atoms with Gasteiger partial charge in [-0.15, -0.1) is 0 Å². The molecule has 0 aliphatic heterocycles. The molecule has 2 aromatic carbocycles. The Kier molecular flexibility index (Phi) is 2.91. The van der Waals surface area contributed by atoms with Crippen molar-refractivity contribution < 1.29 is 0 Å². The fraction of sp³-hybridized carbons (Fsp3) is 0.273. The molecule has 0 heterocycles. The zero-order chi connectivity index (χ0) is 15.3. The molecule has 2 aliphatic rings. The second kappa shape index (κ2) is 4.71. The largest absolute Gasteiger partial charge is 0.0757 e. The average Bonchev–Trinajstić information content (AvgIpc) is 2.77. The summed E-state index contributed by atoms with van der Waals surface area (Å²) < 4.78 is 0. The van der Waals surface area contributed by atoms with Crippen LogP contribution in [0.4, 0.5) is 0 Å². The van der Waals surface area contributed by atoms with E-state index in [0.717, 1.165) is 6.42 Å². The van der Waals surface area contributed by atoms with Gasteiger partial charge >= 0.3 is 0 Å². The lowest BCUT2D eigenvalue weighted by Crippen LogP contribution is -2.17. The molecule has 0 amide bonds. The lowest BCUT2D eigenvalue weighted by atomic mass is 9.77. The summed E-state index contributed by atoms with van der Waals surface area (Å²) in [5.41, 5.74) is 10.3. The predicted molar refractivity (Wildman–Crippen MR) is 94.8 cm³/mol. The third-order valence-electron chi connectivity index (χ3n) is 5.30. The molecule has 0 nitrogen and oxygen atoms in total. The number of hydrogen-bond acceptors (Lipinski definition) is 0. The minimum Gasteiger partial charge on any atom is -0.0757 e. The number of rotatable bonds is 1. The van der Waals surface area contributed by atoms with Gasteiger partial charge in [-0.3, -0.25) is 0 Å². The van der Waals surface area contributed by atoms with Crippen molar-refractivity contribution in [2.75, 3.05) is 0 Å². The van der Waals surface area contributed by atoms with E-state index in [9.17, 15) is 0 Å². The third kappa shape index (κ3) is 1.83. The molecule has 0 spiro atoms. The Morgan fingerprint density at radius 1 is 0.909 bits per heavy atom. The minimum absolute atomic E-state index is 0.163. The molecule has 0 saturated heterocycles. The summed E-state index contributed by atoms with van der Waals surface area (Å²) in [6.07, 6.45) is 4.77. The molecule has 0 bridgehead atoms. The maximum atomic E-state index is 2.43. The molecular formula is C22H22. The summed E-state index contributed by atoms with van der Waals surface area (Å²) >= 11 is 0. The van der Waals surface area contributed by atoms with E-state index in [-0.39, 0.29) is 5.41 Å². The van der Waals surface area contributed by atoms with Gasteiger partial charge in [-0.05, 0) is 47.6 Å².